The molecule has 0 fully saturated rings. The van der Waals surface area contributed by atoms with Gasteiger partial charge in [-0.05, 0) is 31.5 Å². The first kappa shape index (κ1) is 15.3. The van der Waals surface area contributed by atoms with Crippen molar-refractivity contribution in [3.05, 3.63) is 40.1 Å². The van der Waals surface area contributed by atoms with Gasteiger partial charge < -0.3 is 10.6 Å². The number of halogens is 1. The Labute approximate surface area is 132 Å². The van der Waals surface area contributed by atoms with Crippen LogP contribution < -0.4 is 10.6 Å². The van der Waals surface area contributed by atoms with Crippen LogP contribution in [0.5, 0.6) is 0 Å². The standard InChI is InChI=1S/C15H16BrN5/c1-3-6-18-14-8-15(20-10(2)19-14)21-13-5-4-12(16)7-11(13)9-17/h4-5,7-8H,3,6H2,1-2H3,(H2,18,19,20,21). The van der Waals surface area contributed by atoms with E-state index in [9.17, 15) is 5.26 Å². The Morgan fingerprint density at radius 2 is 2.00 bits per heavy atom. The number of nitrogens with zero attached hydrogens (tertiary/aromatic N) is 3. The average molecular weight is 346 g/mol. The van der Waals surface area contributed by atoms with E-state index in [1.807, 2.05) is 25.1 Å². The highest BCUT2D eigenvalue weighted by atomic mass is 79.9. The highest BCUT2D eigenvalue weighted by Gasteiger charge is 2.06. The van der Waals surface area contributed by atoms with E-state index in [0.29, 0.717) is 17.2 Å². The summed E-state index contributed by atoms with van der Waals surface area (Å²) in [5.41, 5.74) is 1.28. The third-order valence-corrected chi connectivity index (χ3v) is 3.25. The van der Waals surface area contributed by atoms with Crippen molar-refractivity contribution in [2.45, 2.75) is 20.3 Å². The zero-order valence-electron chi connectivity index (χ0n) is 11.9. The third kappa shape index (κ3) is 4.17. The number of nitriles is 1. The number of anilines is 3. The Morgan fingerprint density at radius 3 is 2.71 bits per heavy atom. The summed E-state index contributed by atoms with van der Waals surface area (Å²) >= 11 is 3.36. The molecule has 0 amide bonds. The monoisotopic (exact) mass is 345 g/mol. The van der Waals surface area contributed by atoms with Crippen LogP contribution >= 0.6 is 15.9 Å². The molecule has 0 unspecified atom stereocenters. The SMILES string of the molecule is CCCNc1cc(Nc2ccc(Br)cc2C#N)nc(C)n1. The summed E-state index contributed by atoms with van der Waals surface area (Å²) in [7, 11) is 0. The van der Waals surface area contributed by atoms with Crippen molar-refractivity contribution in [3.63, 3.8) is 0 Å². The van der Waals surface area contributed by atoms with E-state index in [0.717, 1.165) is 28.9 Å². The van der Waals surface area contributed by atoms with Crippen molar-refractivity contribution in [1.82, 2.24) is 9.97 Å². The molecule has 0 bridgehead atoms. The Kier molecular flexibility index (Phi) is 5.12. The molecule has 1 aromatic carbocycles. The summed E-state index contributed by atoms with van der Waals surface area (Å²) in [6, 6.07) is 9.51. The summed E-state index contributed by atoms with van der Waals surface area (Å²) in [4.78, 5) is 8.69. The van der Waals surface area contributed by atoms with Gasteiger partial charge in [0, 0.05) is 17.1 Å². The maximum atomic E-state index is 9.19. The fourth-order valence-corrected chi connectivity index (χ4v) is 2.19. The zero-order valence-corrected chi connectivity index (χ0v) is 13.5. The zero-order chi connectivity index (χ0) is 15.2. The number of aromatic nitrogens is 2. The lowest BCUT2D eigenvalue weighted by Crippen LogP contribution is -2.06. The molecular weight excluding hydrogens is 330 g/mol. The van der Waals surface area contributed by atoms with E-state index in [-0.39, 0.29) is 0 Å². The molecule has 0 saturated heterocycles. The quantitative estimate of drug-likeness (QED) is 0.857. The highest BCUT2D eigenvalue weighted by Crippen LogP contribution is 2.24. The van der Waals surface area contributed by atoms with Gasteiger partial charge in [-0.2, -0.15) is 5.26 Å². The topological polar surface area (TPSA) is 73.6 Å². The summed E-state index contributed by atoms with van der Waals surface area (Å²) in [6.45, 7) is 4.80. The van der Waals surface area contributed by atoms with Gasteiger partial charge in [-0.25, -0.2) is 9.97 Å². The predicted molar refractivity (Wildman–Crippen MR) is 87.7 cm³/mol. The molecule has 0 spiro atoms. The summed E-state index contributed by atoms with van der Waals surface area (Å²) in [5, 5.41) is 15.6. The lowest BCUT2D eigenvalue weighted by Gasteiger charge is -2.11. The molecule has 21 heavy (non-hydrogen) atoms. The van der Waals surface area contributed by atoms with E-state index in [1.54, 1.807) is 6.07 Å². The molecule has 0 aliphatic carbocycles. The molecule has 2 N–H and O–H groups in total. The van der Waals surface area contributed by atoms with Crippen LogP contribution in [0, 0.1) is 18.3 Å². The van der Waals surface area contributed by atoms with Gasteiger partial charge in [-0.1, -0.05) is 22.9 Å². The molecule has 0 radical (unpaired) electrons. The van der Waals surface area contributed by atoms with Crippen LogP contribution in [0.25, 0.3) is 0 Å². The van der Waals surface area contributed by atoms with E-state index < -0.39 is 0 Å². The van der Waals surface area contributed by atoms with Gasteiger partial charge in [0.25, 0.3) is 0 Å². The molecule has 0 saturated carbocycles. The van der Waals surface area contributed by atoms with Crippen LogP contribution in [0.4, 0.5) is 17.3 Å². The lowest BCUT2D eigenvalue weighted by atomic mass is 10.2. The highest BCUT2D eigenvalue weighted by molar-refractivity contribution is 9.10. The van der Waals surface area contributed by atoms with Crippen LogP contribution in [0.2, 0.25) is 0 Å². The molecule has 1 aromatic heterocycles. The second-order valence-electron chi connectivity index (χ2n) is 4.54. The molecular formula is C15H16BrN5. The second kappa shape index (κ2) is 7.04. The van der Waals surface area contributed by atoms with Crippen molar-refractivity contribution in [2.75, 3.05) is 17.2 Å². The van der Waals surface area contributed by atoms with Crippen LogP contribution in [0.15, 0.2) is 28.7 Å². The number of benzene rings is 1. The van der Waals surface area contributed by atoms with E-state index >= 15 is 0 Å². The average Bonchev–Trinajstić information content (AvgIpc) is 2.46. The minimum absolute atomic E-state index is 0.559. The summed E-state index contributed by atoms with van der Waals surface area (Å²) in [6.07, 6.45) is 1.02. The van der Waals surface area contributed by atoms with Crippen molar-refractivity contribution in [2.24, 2.45) is 0 Å². The van der Waals surface area contributed by atoms with Crippen molar-refractivity contribution in [3.8, 4) is 6.07 Å². The number of hydrogen-bond donors (Lipinski definition) is 2. The molecule has 6 heteroatoms. The van der Waals surface area contributed by atoms with Gasteiger partial charge in [0.05, 0.1) is 11.3 Å². The smallest absolute Gasteiger partial charge is 0.136 e. The first-order chi connectivity index (χ1) is 10.1. The normalized spacial score (nSPS) is 10.0. The largest absolute Gasteiger partial charge is 0.370 e. The Balaban J connectivity index is 2.27. The molecule has 2 aromatic rings. The first-order valence-electron chi connectivity index (χ1n) is 6.68. The van der Waals surface area contributed by atoms with Crippen molar-refractivity contribution >= 4 is 33.3 Å². The Bertz CT molecular complexity index is 678. The van der Waals surface area contributed by atoms with Crippen LogP contribution in [0.3, 0.4) is 0 Å². The van der Waals surface area contributed by atoms with Crippen molar-refractivity contribution in [1.29, 1.82) is 5.26 Å². The lowest BCUT2D eigenvalue weighted by molar-refractivity contribution is 0.955. The van der Waals surface area contributed by atoms with Crippen LogP contribution in [-0.4, -0.2) is 16.5 Å². The number of nitrogens with one attached hydrogen (secondary N) is 2. The second-order valence-corrected chi connectivity index (χ2v) is 5.45. The van der Waals surface area contributed by atoms with Gasteiger partial charge in [0.1, 0.15) is 23.5 Å². The van der Waals surface area contributed by atoms with Gasteiger partial charge in [0.2, 0.25) is 0 Å². The molecule has 0 aliphatic heterocycles. The van der Waals surface area contributed by atoms with Gasteiger partial charge >= 0.3 is 0 Å². The number of hydrogen-bond acceptors (Lipinski definition) is 5. The molecule has 0 aliphatic rings. The van der Waals surface area contributed by atoms with E-state index in [4.69, 9.17) is 0 Å². The van der Waals surface area contributed by atoms with Gasteiger partial charge in [0.15, 0.2) is 0 Å². The van der Waals surface area contributed by atoms with Crippen molar-refractivity contribution < 1.29 is 0 Å². The molecule has 1 heterocycles. The third-order valence-electron chi connectivity index (χ3n) is 2.76. The Hall–Kier alpha value is -2.13. The fraction of sp³-hybridized carbons (Fsp3) is 0.267. The number of aryl methyl sites for hydroxylation is 1. The minimum Gasteiger partial charge on any atom is -0.370 e. The minimum atomic E-state index is 0.559. The molecule has 108 valence electrons. The maximum absolute atomic E-state index is 9.19. The maximum Gasteiger partial charge on any atom is 0.136 e. The van der Waals surface area contributed by atoms with E-state index in [2.05, 4.69) is 49.5 Å². The van der Waals surface area contributed by atoms with Gasteiger partial charge in [-0.15, -0.1) is 0 Å². The van der Waals surface area contributed by atoms with Gasteiger partial charge in [-0.3, -0.25) is 0 Å². The summed E-state index contributed by atoms with van der Waals surface area (Å²) < 4.78 is 0.869. The molecule has 5 nitrogen and oxygen atoms in total. The van der Waals surface area contributed by atoms with Crippen LogP contribution in [-0.2, 0) is 0 Å². The van der Waals surface area contributed by atoms with E-state index in [1.165, 1.54) is 0 Å². The molecule has 2 rings (SSSR count). The van der Waals surface area contributed by atoms with Crippen LogP contribution in [0.1, 0.15) is 24.7 Å². The predicted octanol–water partition coefficient (Wildman–Crippen LogP) is 3.98. The molecule has 0 atom stereocenters. The number of rotatable bonds is 5. The summed E-state index contributed by atoms with van der Waals surface area (Å²) in [5.74, 6) is 2.12. The fourth-order valence-electron chi connectivity index (χ4n) is 1.83. The first-order valence-corrected chi connectivity index (χ1v) is 7.48. The Morgan fingerprint density at radius 1 is 1.24 bits per heavy atom.